The van der Waals surface area contributed by atoms with Gasteiger partial charge in [-0.2, -0.15) is 4.98 Å². The summed E-state index contributed by atoms with van der Waals surface area (Å²) in [5, 5.41) is 7.97. The molecule has 3 heterocycles. The van der Waals surface area contributed by atoms with E-state index in [9.17, 15) is 9.59 Å². The molecule has 3 aromatic heterocycles. The van der Waals surface area contributed by atoms with Gasteiger partial charge in [-0.15, -0.1) is 0 Å². The van der Waals surface area contributed by atoms with Crippen LogP contribution in [0.5, 0.6) is 0 Å². The average molecular weight is 599 g/mol. The van der Waals surface area contributed by atoms with E-state index in [1.807, 2.05) is 85.8 Å². The number of aryl methyl sites for hydroxylation is 2. The molecule has 0 radical (unpaired) electrons. The molecule has 0 fully saturated rings. The van der Waals surface area contributed by atoms with Crippen LogP contribution in [0.25, 0.3) is 34.0 Å². The van der Waals surface area contributed by atoms with E-state index in [-0.39, 0.29) is 41.7 Å². The molecule has 6 aromatic rings. The molecule has 0 aliphatic heterocycles. The van der Waals surface area contributed by atoms with Crippen molar-refractivity contribution < 1.29 is 9.05 Å². The van der Waals surface area contributed by atoms with Crippen molar-refractivity contribution >= 4 is 29.6 Å². The molecule has 218 valence electrons. The summed E-state index contributed by atoms with van der Waals surface area (Å²) in [6.07, 6.45) is 3.10. The second kappa shape index (κ2) is 13.9. The first-order chi connectivity index (χ1) is 21.0. The number of hydrogen-bond acceptors (Lipinski definition) is 8. The monoisotopic (exact) mass is 598 g/mol. The van der Waals surface area contributed by atoms with Crippen molar-refractivity contribution in [1.29, 1.82) is 0 Å². The molecule has 0 unspecified atom stereocenters. The van der Waals surface area contributed by atoms with Crippen molar-refractivity contribution in [2.24, 2.45) is 0 Å². The first kappa shape index (κ1) is 31.1. The molecular weight excluding hydrogens is 567 g/mol. The van der Waals surface area contributed by atoms with Crippen LogP contribution in [0.4, 0.5) is 0 Å². The standard InChI is InChI=1S/C33H30N6O4.Na.H/c1-3-4-14-28-27(32(40)39(21(2)34-28)20-29-35-31(42-37-29)24-10-6-5-7-11-24)19-22-15-17-23(18-16-22)25-12-8-9-13-26(25)30-36-33(41)43-38-30;;/h5-13,15-18H,3-4,14,19-20H2,1-2H3,(H,36,38,41);;. The maximum atomic E-state index is 13.9. The van der Waals surface area contributed by atoms with Gasteiger partial charge in [0.2, 0.25) is 0 Å². The van der Waals surface area contributed by atoms with Crippen molar-refractivity contribution in [3.63, 3.8) is 0 Å². The Balaban J connectivity index is 0.00000384. The molecule has 3 aromatic carbocycles. The molecular formula is C33H31N6NaO4. The zero-order chi connectivity index (χ0) is 29.8. The van der Waals surface area contributed by atoms with Crippen molar-refractivity contribution in [2.75, 3.05) is 0 Å². The molecule has 11 heteroatoms. The van der Waals surface area contributed by atoms with Gasteiger partial charge in [0, 0.05) is 23.1 Å². The van der Waals surface area contributed by atoms with E-state index in [1.165, 1.54) is 0 Å². The van der Waals surface area contributed by atoms with Gasteiger partial charge in [-0.3, -0.25) is 18.9 Å². The first-order valence-corrected chi connectivity index (χ1v) is 14.2. The zero-order valence-electron chi connectivity index (χ0n) is 23.9. The van der Waals surface area contributed by atoms with Crippen LogP contribution in [-0.2, 0) is 19.4 Å². The van der Waals surface area contributed by atoms with Gasteiger partial charge in [0.25, 0.3) is 11.4 Å². The topological polar surface area (TPSA) is 133 Å². The second-order valence-electron chi connectivity index (χ2n) is 10.3. The van der Waals surface area contributed by atoms with Gasteiger partial charge in [0.1, 0.15) is 5.82 Å². The number of aromatic nitrogens is 6. The third-order valence-electron chi connectivity index (χ3n) is 7.36. The summed E-state index contributed by atoms with van der Waals surface area (Å²) in [5.74, 6) is 1.20. The quantitative estimate of drug-likeness (QED) is 0.219. The number of benzene rings is 3. The minimum absolute atomic E-state index is 0. The van der Waals surface area contributed by atoms with Gasteiger partial charge < -0.3 is 4.52 Å². The summed E-state index contributed by atoms with van der Waals surface area (Å²) < 4.78 is 11.8. The van der Waals surface area contributed by atoms with Gasteiger partial charge in [0.05, 0.1) is 12.2 Å². The Labute approximate surface area is 275 Å². The number of nitrogens with zero attached hydrogens (tertiary/aromatic N) is 5. The molecule has 0 saturated heterocycles. The number of rotatable bonds is 10. The summed E-state index contributed by atoms with van der Waals surface area (Å²) in [6, 6.07) is 25.2. The van der Waals surface area contributed by atoms with E-state index in [4.69, 9.17) is 14.0 Å². The van der Waals surface area contributed by atoms with Crippen LogP contribution in [-0.4, -0.2) is 59.4 Å². The molecule has 1 N–H and O–H groups in total. The number of H-pyrrole nitrogens is 1. The van der Waals surface area contributed by atoms with Crippen molar-refractivity contribution in [3.05, 3.63) is 128 Å². The number of hydrogen-bond donors (Lipinski definition) is 1. The second-order valence-corrected chi connectivity index (χ2v) is 10.3. The minimum atomic E-state index is -0.604. The van der Waals surface area contributed by atoms with E-state index >= 15 is 0 Å². The number of aromatic amines is 1. The Morgan fingerprint density at radius 3 is 2.25 bits per heavy atom. The van der Waals surface area contributed by atoms with Gasteiger partial charge in [-0.1, -0.05) is 90.4 Å². The molecule has 0 saturated carbocycles. The normalized spacial score (nSPS) is 11.0. The summed E-state index contributed by atoms with van der Waals surface area (Å²) in [5.41, 5.74) is 5.78. The zero-order valence-corrected chi connectivity index (χ0v) is 23.9. The van der Waals surface area contributed by atoms with Crippen LogP contribution >= 0.6 is 0 Å². The summed E-state index contributed by atoms with van der Waals surface area (Å²) >= 11 is 0. The molecule has 0 spiro atoms. The Kier molecular flexibility index (Phi) is 9.84. The van der Waals surface area contributed by atoms with Gasteiger partial charge in [-0.25, -0.2) is 9.78 Å². The summed E-state index contributed by atoms with van der Waals surface area (Å²) in [7, 11) is 0. The predicted molar refractivity (Wildman–Crippen MR) is 169 cm³/mol. The van der Waals surface area contributed by atoms with Gasteiger partial charge in [0.15, 0.2) is 11.6 Å². The Bertz CT molecular complexity index is 1980. The number of nitrogens with one attached hydrogen (secondary N) is 1. The number of unbranched alkanes of at least 4 members (excludes halogenated alkanes) is 1. The first-order valence-electron chi connectivity index (χ1n) is 14.2. The van der Waals surface area contributed by atoms with E-state index in [1.54, 1.807) is 4.57 Å². The fourth-order valence-electron chi connectivity index (χ4n) is 5.12. The van der Waals surface area contributed by atoms with Crippen molar-refractivity contribution in [3.8, 4) is 34.0 Å². The molecule has 0 atom stereocenters. The Morgan fingerprint density at radius 1 is 0.818 bits per heavy atom. The molecule has 0 amide bonds. The van der Waals surface area contributed by atoms with Crippen LogP contribution in [0.15, 0.2) is 97.5 Å². The van der Waals surface area contributed by atoms with Crippen LogP contribution in [0.1, 0.15) is 48.2 Å². The van der Waals surface area contributed by atoms with Crippen LogP contribution < -0.4 is 11.3 Å². The van der Waals surface area contributed by atoms with E-state index in [0.29, 0.717) is 35.3 Å². The summed E-state index contributed by atoms with van der Waals surface area (Å²) in [6.45, 7) is 4.13. The van der Waals surface area contributed by atoms with E-state index < -0.39 is 5.76 Å². The van der Waals surface area contributed by atoms with E-state index in [0.717, 1.165) is 52.8 Å². The summed E-state index contributed by atoms with van der Waals surface area (Å²) in [4.78, 5) is 37.5. The molecule has 44 heavy (non-hydrogen) atoms. The van der Waals surface area contributed by atoms with Crippen molar-refractivity contribution in [1.82, 2.24) is 29.8 Å². The van der Waals surface area contributed by atoms with Crippen LogP contribution in [0.2, 0.25) is 0 Å². The third-order valence-corrected chi connectivity index (χ3v) is 7.36. The van der Waals surface area contributed by atoms with Crippen LogP contribution in [0, 0.1) is 6.92 Å². The Hall–Kier alpha value is -4.38. The maximum absolute atomic E-state index is 13.9. The molecule has 10 nitrogen and oxygen atoms in total. The third kappa shape index (κ3) is 6.72. The van der Waals surface area contributed by atoms with Gasteiger partial charge in [-0.05, 0) is 48.6 Å². The fourth-order valence-corrected chi connectivity index (χ4v) is 5.12. The van der Waals surface area contributed by atoms with Gasteiger partial charge >= 0.3 is 35.3 Å². The molecule has 0 aliphatic rings. The SMILES string of the molecule is CCCCc1nc(C)n(Cc2noc(-c3ccccc3)n2)c(=O)c1Cc1ccc(-c2ccccc2-c2noc(=O)[nH]2)cc1.[NaH]. The molecule has 6 rings (SSSR count). The van der Waals surface area contributed by atoms with Crippen LogP contribution in [0.3, 0.4) is 0 Å². The predicted octanol–water partition coefficient (Wildman–Crippen LogP) is 4.95. The molecule has 0 aliphatic carbocycles. The fraction of sp³-hybridized carbons (Fsp3) is 0.212. The molecule has 0 bridgehead atoms. The Morgan fingerprint density at radius 2 is 1.55 bits per heavy atom. The average Bonchev–Trinajstić information content (AvgIpc) is 3.70. The van der Waals surface area contributed by atoms with E-state index in [2.05, 4.69) is 27.2 Å². The van der Waals surface area contributed by atoms with Crippen molar-refractivity contribution in [2.45, 2.75) is 46.1 Å².